The van der Waals surface area contributed by atoms with Crippen LogP contribution in [0.4, 0.5) is 5.82 Å². The van der Waals surface area contributed by atoms with Gasteiger partial charge in [0, 0.05) is 45.9 Å². The summed E-state index contributed by atoms with van der Waals surface area (Å²) in [6.07, 6.45) is 0. The van der Waals surface area contributed by atoms with Crippen LogP contribution in [-0.4, -0.2) is 43.1 Å². The normalized spacial score (nSPS) is 13.0. The fourth-order valence-electron chi connectivity index (χ4n) is 2.37. The molecule has 0 aliphatic carbocycles. The number of methoxy groups -OCH3 is 1. The smallest absolute Gasteiger partial charge is 0.131 e. The van der Waals surface area contributed by atoms with Crippen molar-refractivity contribution in [1.82, 2.24) is 15.1 Å². The number of aromatic nitrogens is 2. The van der Waals surface area contributed by atoms with Crippen LogP contribution in [0.25, 0.3) is 0 Å². The molecule has 5 heteroatoms. The molecular formula is C15H30N4O. The van der Waals surface area contributed by atoms with Crippen molar-refractivity contribution < 1.29 is 4.74 Å². The SMILES string of the molecule is COCCNCc1c(C)nn(C)c1N(C)C(C)C(C)C. The molecule has 0 amide bonds. The van der Waals surface area contributed by atoms with Gasteiger partial charge < -0.3 is 15.0 Å². The van der Waals surface area contributed by atoms with Crippen molar-refractivity contribution in [3.63, 3.8) is 0 Å². The predicted octanol–water partition coefficient (Wildman–Crippen LogP) is 1.95. The van der Waals surface area contributed by atoms with Crippen LogP contribution in [-0.2, 0) is 18.3 Å². The number of nitrogens with one attached hydrogen (secondary N) is 1. The molecule has 1 rings (SSSR count). The van der Waals surface area contributed by atoms with Crippen molar-refractivity contribution in [2.75, 3.05) is 32.2 Å². The molecule has 0 radical (unpaired) electrons. The van der Waals surface area contributed by atoms with Crippen molar-refractivity contribution >= 4 is 5.82 Å². The highest BCUT2D eigenvalue weighted by Gasteiger charge is 2.21. The highest BCUT2D eigenvalue weighted by molar-refractivity contribution is 5.50. The van der Waals surface area contributed by atoms with Crippen LogP contribution < -0.4 is 10.2 Å². The van der Waals surface area contributed by atoms with E-state index in [0.717, 1.165) is 25.4 Å². The molecule has 0 aliphatic rings. The Labute approximate surface area is 123 Å². The van der Waals surface area contributed by atoms with E-state index in [9.17, 15) is 0 Å². The minimum atomic E-state index is 0.475. The number of ether oxygens (including phenoxy) is 1. The molecule has 20 heavy (non-hydrogen) atoms. The summed E-state index contributed by atoms with van der Waals surface area (Å²) in [5.41, 5.74) is 2.37. The predicted molar refractivity (Wildman–Crippen MR) is 84.2 cm³/mol. The van der Waals surface area contributed by atoms with Gasteiger partial charge in [-0.15, -0.1) is 0 Å². The summed E-state index contributed by atoms with van der Waals surface area (Å²) in [5, 5.41) is 7.99. The largest absolute Gasteiger partial charge is 0.383 e. The second kappa shape index (κ2) is 7.64. The molecule has 1 heterocycles. The Kier molecular flexibility index (Phi) is 6.49. The first kappa shape index (κ1) is 17.0. The topological polar surface area (TPSA) is 42.3 Å². The van der Waals surface area contributed by atoms with Crippen molar-refractivity contribution in [1.29, 1.82) is 0 Å². The second-order valence-electron chi connectivity index (χ2n) is 5.78. The fraction of sp³-hybridized carbons (Fsp3) is 0.800. The summed E-state index contributed by atoms with van der Waals surface area (Å²) < 4.78 is 7.06. The van der Waals surface area contributed by atoms with Crippen LogP contribution >= 0.6 is 0 Å². The number of rotatable bonds is 8. The molecule has 5 nitrogen and oxygen atoms in total. The molecule has 1 atom stereocenters. The number of hydrogen-bond donors (Lipinski definition) is 1. The van der Waals surface area contributed by atoms with Crippen LogP contribution in [0.2, 0.25) is 0 Å². The van der Waals surface area contributed by atoms with Crippen LogP contribution in [0.5, 0.6) is 0 Å². The second-order valence-corrected chi connectivity index (χ2v) is 5.78. The minimum Gasteiger partial charge on any atom is -0.383 e. The monoisotopic (exact) mass is 282 g/mol. The molecule has 0 aliphatic heterocycles. The van der Waals surface area contributed by atoms with E-state index in [-0.39, 0.29) is 0 Å². The van der Waals surface area contributed by atoms with Gasteiger partial charge in [-0.25, -0.2) is 0 Å². The van der Waals surface area contributed by atoms with E-state index in [1.807, 2.05) is 11.7 Å². The molecule has 1 unspecified atom stereocenters. The molecule has 0 saturated heterocycles. The molecular weight excluding hydrogens is 252 g/mol. The molecule has 0 saturated carbocycles. The van der Waals surface area contributed by atoms with Gasteiger partial charge in [-0.1, -0.05) is 13.8 Å². The standard InChI is InChI=1S/C15H30N4O/c1-11(2)13(4)18(5)15-14(10-16-8-9-20-7)12(3)17-19(15)6/h11,13,16H,8-10H2,1-7H3. The highest BCUT2D eigenvalue weighted by Crippen LogP contribution is 2.25. The van der Waals surface area contributed by atoms with Gasteiger partial charge in [0.2, 0.25) is 0 Å². The summed E-state index contributed by atoms with van der Waals surface area (Å²) >= 11 is 0. The zero-order valence-electron chi connectivity index (χ0n) is 14.0. The lowest BCUT2D eigenvalue weighted by atomic mass is 10.0. The maximum atomic E-state index is 5.07. The Morgan fingerprint density at radius 3 is 2.55 bits per heavy atom. The summed E-state index contributed by atoms with van der Waals surface area (Å²) in [6, 6.07) is 0.475. The van der Waals surface area contributed by atoms with E-state index in [0.29, 0.717) is 12.0 Å². The lowest BCUT2D eigenvalue weighted by molar-refractivity contribution is 0.199. The average molecular weight is 282 g/mol. The molecule has 1 aromatic heterocycles. The first-order valence-electron chi connectivity index (χ1n) is 7.35. The zero-order valence-corrected chi connectivity index (χ0v) is 14.0. The first-order chi connectivity index (χ1) is 9.40. The summed E-state index contributed by atoms with van der Waals surface area (Å²) in [5.74, 6) is 1.80. The van der Waals surface area contributed by atoms with Crippen LogP contribution in [0.3, 0.4) is 0 Å². The average Bonchev–Trinajstić information content (AvgIpc) is 2.67. The van der Waals surface area contributed by atoms with Crippen LogP contribution in [0, 0.1) is 12.8 Å². The maximum Gasteiger partial charge on any atom is 0.131 e. The number of anilines is 1. The van der Waals surface area contributed by atoms with Crippen molar-refractivity contribution in [3.8, 4) is 0 Å². The van der Waals surface area contributed by atoms with Gasteiger partial charge in [-0.2, -0.15) is 5.10 Å². The lowest BCUT2D eigenvalue weighted by Gasteiger charge is -2.30. The summed E-state index contributed by atoms with van der Waals surface area (Å²) in [4.78, 5) is 2.33. The third-order valence-corrected chi connectivity index (χ3v) is 4.01. The third-order valence-electron chi connectivity index (χ3n) is 4.01. The Morgan fingerprint density at radius 2 is 2.00 bits per heavy atom. The summed E-state index contributed by atoms with van der Waals surface area (Å²) in [6.45, 7) is 11.2. The Balaban J connectivity index is 2.89. The Morgan fingerprint density at radius 1 is 1.35 bits per heavy atom. The van der Waals surface area contributed by atoms with E-state index in [1.165, 1.54) is 11.4 Å². The van der Waals surface area contributed by atoms with E-state index < -0.39 is 0 Å². The number of aryl methyl sites for hydroxylation is 2. The molecule has 0 spiro atoms. The Hall–Kier alpha value is -1.07. The van der Waals surface area contributed by atoms with Gasteiger partial charge in [0.05, 0.1) is 12.3 Å². The third kappa shape index (κ3) is 3.96. The number of nitrogens with zero attached hydrogens (tertiary/aromatic N) is 3. The lowest BCUT2D eigenvalue weighted by Crippen LogP contribution is -2.35. The maximum absolute atomic E-state index is 5.07. The van der Waals surface area contributed by atoms with Crippen molar-refractivity contribution in [3.05, 3.63) is 11.3 Å². The Bertz CT molecular complexity index is 414. The summed E-state index contributed by atoms with van der Waals surface area (Å²) in [7, 11) is 5.89. The van der Waals surface area contributed by atoms with E-state index in [2.05, 4.69) is 50.1 Å². The van der Waals surface area contributed by atoms with E-state index >= 15 is 0 Å². The molecule has 0 aromatic carbocycles. The minimum absolute atomic E-state index is 0.475. The van der Waals surface area contributed by atoms with Crippen LogP contribution in [0.15, 0.2) is 0 Å². The zero-order chi connectivity index (χ0) is 15.3. The van der Waals surface area contributed by atoms with Gasteiger partial charge in [0.15, 0.2) is 0 Å². The fourth-order valence-corrected chi connectivity index (χ4v) is 2.37. The van der Waals surface area contributed by atoms with Crippen molar-refractivity contribution in [2.24, 2.45) is 13.0 Å². The molecule has 1 aromatic rings. The quantitative estimate of drug-likeness (QED) is 0.740. The van der Waals surface area contributed by atoms with E-state index in [4.69, 9.17) is 4.74 Å². The van der Waals surface area contributed by atoms with Gasteiger partial charge in [0.25, 0.3) is 0 Å². The highest BCUT2D eigenvalue weighted by atomic mass is 16.5. The van der Waals surface area contributed by atoms with Crippen LogP contribution in [0.1, 0.15) is 32.0 Å². The van der Waals surface area contributed by atoms with Gasteiger partial charge in [-0.05, 0) is 19.8 Å². The van der Waals surface area contributed by atoms with Gasteiger partial charge >= 0.3 is 0 Å². The molecule has 0 fully saturated rings. The van der Waals surface area contributed by atoms with E-state index in [1.54, 1.807) is 7.11 Å². The molecule has 0 bridgehead atoms. The molecule has 116 valence electrons. The molecule has 1 N–H and O–H groups in total. The van der Waals surface area contributed by atoms with Crippen molar-refractivity contribution in [2.45, 2.75) is 40.3 Å². The first-order valence-corrected chi connectivity index (χ1v) is 7.35. The number of hydrogen-bond acceptors (Lipinski definition) is 4. The van der Waals surface area contributed by atoms with Gasteiger partial charge in [-0.3, -0.25) is 4.68 Å². The van der Waals surface area contributed by atoms with Gasteiger partial charge in [0.1, 0.15) is 5.82 Å².